The summed E-state index contributed by atoms with van der Waals surface area (Å²) < 4.78 is 0. The molecule has 0 fully saturated rings. The van der Waals surface area contributed by atoms with Gasteiger partial charge in [0.2, 0.25) is 0 Å². The molecule has 6 heteroatoms. The van der Waals surface area contributed by atoms with Gasteiger partial charge in [0, 0.05) is 12.0 Å². The van der Waals surface area contributed by atoms with Crippen LogP contribution in [0.1, 0.15) is 29.1 Å². The summed E-state index contributed by atoms with van der Waals surface area (Å²) in [6, 6.07) is 1.90. The van der Waals surface area contributed by atoms with Gasteiger partial charge in [0.25, 0.3) is 5.91 Å². The smallest absolute Gasteiger partial charge is 0.261 e. The van der Waals surface area contributed by atoms with Crippen molar-refractivity contribution in [1.29, 1.82) is 0 Å². The SMILES string of the molecule is Cc1ccsc1C(=O)NCC(C)(C)/C(N)=N/O. The third-order valence-electron chi connectivity index (χ3n) is 2.56. The summed E-state index contributed by atoms with van der Waals surface area (Å²) in [6.07, 6.45) is 0. The number of amides is 1. The minimum absolute atomic E-state index is 0.0979. The zero-order valence-electron chi connectivity index (χ0n) is 10.2. The van der Waals surface area contributed by atoms with Crippen molar-refractivity contribution in [3.63, 3.8) is 0 Å². The first-order valence-electron chi connectivity index (χ1n) is 5.19. The normalized spacial score (nSPS) is 12.5. The highest BCUT2D eigenvalue weighted by atomic mass is 32.1. The van der Waals surface area contributed by atoms with Crippen molar-refractivity contribution in [3.05, 3.63) is 21.9 Å². The Morgan fingerprint density at radius 1 is 1.65 bits per heavy atom. The van der Waals surface area contributed by atoms with Crippen LogP contribution in [0.4, 0.5) is 0 Å². The van der Waals surface area contributed by atoms with Gasteiger partial charge >= 0.3 is 0 Å². The van der Waals surface area contributed by atoms with Crippen LogP contribution in [0.5, 0.6) is 0 Å². The van der Waals surface area contributed by atoms with Crippen LogP contribution in [0.2, 0.25) is 0 Å². The molecule has 0 spiro atoms. The van der Waals surface area contributed by atoms with Crippen LogP contribution in [0.3, 0.4) is 0 Å². The summed E-state index contributed by atoms with van der Waals surface area (Å²) in [6.45, 7) is 5.80. The van der Waals surface area contributed by atoms with Crippen molar-refractivity contribution in [3.8, 4) is 0 Å². The molecular formula is C11H17N3O2S. The van der Waals surface area contributed by atoms with E-state index in [0.29, 0.717) is 11.4 Å². The van der Waals surface area contributed by atoms with Gasteiger partial charge in [-0.05, 0) is 23.9 Å². The van der Waals surface area contributed by atoms with Crippen LogP contribution in [-0.4, -0.2) is 23.5 Å². The second-order valence-corrected chi connectivity index (χ2v) is 5.40. The molecule has 0 radical (unpaired) electrons. The van der Waals surface area contributed by atoms with E-state index in [9.17, 15) is 4.79 Å². The average Bonchev–Trinajstić information content (AvgIpc) is 2.71. The Bertz CT molecular complexity index is 438. The Morgan fingerprint density at radius 3 is 2.76 bits per heavy atom. The van der Waals surface area contributed by atoms with Gasteiger partial charge in [0.15, 0.2) is 0 Å². The summed E-state index contributed by atoms with van der Waals surface area (Å²) in [5.41, 5.74) is 5.92. The van der Waals surface area contributed by atoms with E-state index in [1.165, 1.54) is 11.3 Å². The minimum atomic E-state index is -0.574. The lowest BCUT2D eigenvalue weighted by molar-refractivity contribution is 0.0948. The molecule has 1 rings (SSSR count). The molecule has 1 aromatic heterocycles. The number of nitrogens with two attached hydrogens (primary N) is 1. The van der Waals surface area contributed by atoms with Crippen LogP contribution in [0, 0.1) is 12.3 Å². The van der Waals surface area contributed by atoms with Gasteiger partial charge in [-0.2, -0.15) is 0 Å². The van der Waals surface area contributed by atoms with E-state index in [0.717, 1.165) is 5.56 Å². The molecule has 17 heavy (non-hydrogen) atoms. The van der Waals surface area contributed by atoms with Crippen LogP contribution < -0.4 is 11.1 Å². The molecule has 0 aromatic carbocycles. The maximum Gasteiger partial charge on any atom is 0.261 e. The Kier molecular flexibility index (Phi) is 4.11. The number of amidine groups is 1. The van der Waals surface area contributed by atoms with Crippen molar-refractivity contribution < 1.29 is 10.0 Å². The van der Waals surface area contributed by atoms with Crippen molar-refractivity contribution in [1.82, 2.24) is 5.32 Å². The Hall–Kier alpha value is -1.56. The third-order valence-corrected chi connectivity index (χ3v) is 3.58. The highest BCUT2D eigenvalue weighted by Crippen LogP contribution is 2.17. The molecule has 0 saturated carbocycles. The number of nitrogens with one attached hydrogen (secondary N) is 1. The summed E-state index contributed by atoms with van der Waals surface area (Å²) in [7, 11) is 0. The van der Waals surface area contributed by atoms with Crippen LogP contribution >= 0.6 is 11.3 Å². The van der Waals surface area contributed by atoms with E-state index < -0.39 is 5.41 Å². The molecule has 1 heterocycles. The van der Waals surface area contributed by atoms with Gasteiger partial charge in [0.05, 0.1) is 4.88 Å². The quantitative estimate of drug-likeness (QED) is 0.330. The molecule has 5 nitrogen and oxygen atoms in total. The highest BCUT2D eigenvalue weighted by Gasteiger charge is 2.25. The lowest BCUT2D eigenvalue weighted by atomic mass is 9.92. The number of hydrogen-bond acceptors (Lipinski definition) is 4. The summed E-state index contributed by atoms with van der Waals surface area (Å²) in [5.74, 6) is -0.0305. The lowest BCUT2D eigenvalue weighted by Crippen LogP contribution is -2.42. The number of hydrogen-bond donors (Lipinski definition) is 3. The zero-order chi connectivity index (χ0) is 13.1. The predicted molar refractivity (Wildman–Crippen MR) is 68.6 cm³/mol. The summed E-state index contributed by atoms with van der Waals surface area (Å²) >= 11 is 1.40. The Morgan fingerprint density at radius 2 is 2.29 bits per heavy atom. The largest absolute Gasteiger partial charge is 0.409 e. The molecule has 1 amide bonds. The minimum Gasteiger partial charge on any atom is -0.409 e. The van der Waals surface area contributed by atoms with Gasteiger partial charge in [-0.3, -0.25) is 4.79 Å². The number of rotatable bonds is 4. The number of carbonyl (C=O) groups excluding carboxylic acids is 1. The van der Waals surface area contributed by atoms with Crippen molar-refractivity contribution in [2.75, 3.05) is 6.54 Å². The standard InChI is InChI=1S/C11H17N3O2S/c1-7-4-5-17-8(7)9(15)13-6-11(2,3)10(12)14-16/h4-5,16H,6H2,1-3H3,(H2,12,14)(H,13,15). The van der Waals surface area contributed by atoms with Crippen LogP contribution in [0.15, 0.2) is 16.6 Å². The van der Waals surface area contributed by atoms with E-state index in [2.05, 4.69) is 10.5 Å². The van der Waals surface area contributed by atoms with E-state index >= 15 is 0 Å². The predicted octanol–water partition coefficient (Wildman–Crippen LogP) is 1.56. The summed E-state index contributed by atoms with van der Waals surface area (Å²) in [4.78, 5) is 12.5. The Balaban J connectivity index is 2.64. The van der Waals surface area contributed by atoms with Crippen molar-refractivity contribution in [2.24, 2.45) is 16.3 Å². The molecule has 0 aliphatic rings. The number of aryl methyl sites for hydroxylation is 1. The molecule has 0 saturated heterocycles. The maximum absolute atomic E-state index is 11.8. The molecule has 0 unspecified atom stereocenters. The zero-order valence-corrected chi connectivity index (χ0v) is 11.0. The van der Waals surface area contributed by atoms with E-state index in [1.807, 2.05) is 18.4 Å². The van der Waals surface area contributed by atoms with Gasteiger partial charge in [-0.1, -0.05) is 19.0 Å². The fourth-order valence-electron chi connectivity index (χ4n) is 1.21. The third kappa shape index (κ3) is 3.20. The second-order valence-electron chi connectivity index (χ2n) is 4.48. The van der Waals surface area contributed by atoms with Crippen LogP contribution in [-0.2, 0) is 0 Å². The molecule has 0 atom stereocenters. The first-order valence-corrected chi connectivity index (χ1v) is 6.07. The molecular weight excluding hydrogens is 238 g/mol. The summed E-state index contributed by atoms with van der Waals surface area (Å²) in [5, 5.41) is 16.2. The first kappa shape index (κ1) is 13.5. The number of thiophene rings is 1. The molecule has 0 bridgehead atoms. The van der Waals surface area contributed by atoms with E-state index in [1.54, 1.807) is 13.8 Å². The lowest BCUT2D eigenvalue weighted by Gasteiger charge is -2.22. The monoisotopic (exact) mass is 255 g/mol. The van der Waals surface area contributed by atoms with Crippen LogP contribution in [0.25, 0.3) is 0 Å². The van der Waals surface area contributed by atoms with Crippen molar-refractivity contribution >= 4 is 23.1 Å². The van der Waals surface area contributed by atoms with Gasteiger partial charge in [0.1, 0.15) is 5.84 Å². The fraction of sp³-hybridized carbons (Fsp3) is 0.455. The molecule has 4 N–H and O–H groups in total. The van der Waals surface area contributed by atoms with Crippen molar-refractivity contribution in [2.45, 2.75) is 20.8 Å². The molecule has 0 aliphatic heterocycles. The van der Waals surface area contributed by atoms with Gasteiger partial charge < -0.3 is 16.3 Å². The average molecular weight is 255 g/mol. The molecule has 94 valence electrons. The van der Waals surface area contributed by atoms with Gasteiger partial charge in [-0.15, -0.1) is 11.3 Å². The van der Waals surface area contributed by atoms with Gasteiger partial charge in [-0.25, -0.2) is 0 Å². The topological polar surface area (TPSA) is 87.7 Å². The van der Waals surface area contributed by atoms with E-state index in [4.69, 9.17) is 10.9 Å². The first-order chi connectivity index (χ1) is 7.88. The second kappa shape index (κ2) is 5.18. The number of carbonyl (C=O) groups is 1. The molecule has 1 aromatic rings. The Labute approximate surface area is 104 Å². The molecule has 0 aliphatic carbocycles. The maximum atomic E-state index is 11.8. The van der Waals surface area contributed by atoms with E-state index in [-0.39, 0.29) is 11.7 Å². The number of oxime groups is 1. The number of nitrogens with zero attached hydrogens (tertiary/aromatic N) is 1. The highest BCUT2D eigenvalue weighted by molar-refractivity contribution is 7.12. The fourth-order valence-corrected chi connectivity index (χ4v) is 2.05.